The van der Waals surface area contributed by atoms with Crippen molar-refractivity contribution in [1.29, 1.82) is 0 Å². The second-order valence-electron chi connectivity index (χ2n) is 2.63. The van der Waals surface area contributed by atoms with E-state index in [0.29, 0.717) is 6.42 Å². The summed E-state index contributed by atoms with van der Waals surface area (Å²) in [6, 6.07) is 8.54. The molecule has 1 rings (SSSR count). The summed E-state index contributed by atoms with van der Waals surface area (Å²) in [6.45, 7) is 0. The van der Waals surface area contributed by atoms with E-state index in [1.165, 1.54) is 0 Å². The molecule has 0 bridgehead atoms. The highest BCUT2D eigenvalue weighted by Crippen LogP contribution is 2.01. The Kier molecular flexibility index (Phi) is 4.72. The fourth-order valence-electron chi connectivity index (χ4n) is 0.955. The van der Waals surface area contributed by atoms with E-state index in [1.54, 1.807) is 0 Å². The second kappa shape index (κ2) is 5.29. The molecule has 0 heterocycles. The molecule has 4 heteroatoms. The molecule has 6 N–H and O–H groups in total. The van der Waals surface area contributed by atoms with Crippen molar-refractivity contribution in [1.82, 2.24) is 6.15 Å². The van der Waals surface area contributed by atoms with E-state index in [4.69, 9.17) is 10.8 Å². The van der Waals surface area contributed by atoms with Gasteiger partial charge in [0.2, 0.25) is 0 Å². The first-order chi connectivity index (χ1) is 5.70. The Morgan fingerprint density at radius 1 is 1.38 bits per heavy atom. The standard InChI is InChI=1S/C9H11NO2.H3N/c10-8(9(11)12)6-7-4-2-1-3-5-7;/h1-5,8H,6,10H2,(H,11,12);1H3/t8-;/m1./s1. The highest BCUT2D eigenvalue weighted by atomic mass is 16.4. The van der Waals surface area contributed by atoms with Gasteiger partial charge in [-0.15, -0.1) is 0 Å². The molecule has 0 amide bonds. The molecule has 0 aromatic heterocycles. The Labute approximate surface area is 77.0 Å². The summed E-state index contributed by atoms with van der Waals surface area (Å²) in [6.07, 6.45) is 0.385. The van der Waals surface area contributed by atoms with E-state index < -0.39 is 12.0 Å². The molecule has 0 radical (unpaired) electrons. The van der Waals surface area contributed by atoms with E-state index in [1.807, 2.05) is 30.3 Å². The molecule has 1 aromatic rings. The highest BCUT2D eigenvalue weighted by Gasteiger charge is 2.10. The Balaban J connectivity index is 0.00000144. The van der Waals surface area contributed by atoms with Crippen LogP contribution in [0.5, 0.6) is 0 Å². The van der Waals surface area contributed by atoms with E-state index in [2.05, 4.69) is 0 Å². The minimum atomic E-state index is -0.959. The van der Waals surface area contributed by atoms with Crippen molar-refractivity contribution < 1.29 is 9.90 Å². The zero-order chi connectivity index (χ0) is 8.97. The number of benzene rings is 1. The van der Waals surface area contributed by atoms with Crippen LogP contribution in [0.2, 0.25) is 0 Å². The number of hydrogen-bond acceptors (Lipinski definition) is 3. The maximum Gasteiger partial charge on any atom is 0.320 e. The molecule has 0 spiro atoms. The summed E-state index contributed by atoms with van der Waals surface area (Å²) in [4.78, 5) is 10.4. The Hall–Kier alpha value is -1.39. The third kappa shape index (κ3) is 3.68. The Bertz CT molecular complexity index is 262. The zero-order valence-corrected chi connectivity index (χ0v) is 7.31. The Morgan fingerprint density at radius 2 is 1.92 bits per heavy atom. The van der Waals surface area contributed by atoms with Crippen LogP contribution in [0.1, 0.15) is 5.56 Å². The van der Waals surface area contributed by atoms with Crippen LogP contribution < -0.4 is 11.9 Å². The van der Waals surface area contributed by atoms with Crippen molar-refractivity contribution in [2.24, 2.45) is 5.73 Å². The summed E-state index contributed by atoms with van der Waals surface area (Å²) in [5, 5.41) is 8.52. The van der Waals surface area contributed by atoms with Gasteiger partial charge in [-0.3, -0.25) is 4.79 Å². The van der Waals surface area contributed by atoms with Gasteiger partial charge in [0.15, 0.2) is 0 Å². The van der Waals surface area contributed by atoms with Gasteiger partial charge in [-0.05, 0) is 12.0 Å². The van der Waals surface area contributed by atoms with E-state index in [-0.39, 0.29) is 6.15 Å². The summed E-state index contributed by atoms with van der Waals surface area (Å²) in [5.41, 5.74) is 6.30. The van der Waals surface area contributed by atoms with Crippen LogP contribution in [0.25, 0.3) is 0 Å². The molecule has 13 heavy (non-hydrogen) atoms. The molecule has 0 unspecified atom stereocenters. The largest absolute Gasteiger partial charge is 0.480 e. The summed E-state index contributed by atoms with van der Waals surface area (Å²) < 4.78 is 0. The normalized spacial score (nSPS) is 11.5. The number of carboxylic acids is 1. The monoisotopic (exact) mass is 182 g/mol. The first-order valence-electron chi connectivity index (χ1n) is 3.72. The van der Waals surface area contributed by atoms with E-state index in [0.717, 1.165) is 5.56 Å². The van der Waals surface area contributed by atoms with Crippen LogP contribution in [0.4, 0.5) is 0 Å². The average molecular weight is 182 g/mol. The highest BCUT2D eigenvalue weighted by molar-refractivity contribution is 5.73. The van der Waals surface area contributed by atoms with Crippen LogP contribution in [-0.4, -0.2) is 17.1 Å². The lowest BCUT2D eigenvalue weighted by Crippen LogP contribution is -2.32. The molecule has 72 valence electrons. The molecular weight excluding hydrogens is 168 g/mol. The number of carboxylic acid groups (broad SMARTS) is 1. The predicted molar refractivity (Wildman–Crippen MR) is 50.8 cm³/mol. The first kappa shape index (κ1) is 11.6. The third-order valence-electron chi connectivity index (χ3n) is 1.62. The zero-order valence-electron chi connectivity index (χ0n) is 7.31. The molecule has 0 aliphatic heterocycles. The number of carbonyl (C=O) groups is 1. The summed E-state index contributed by atoms with van der Waals surface area (Å²) >= 11 is 0. The van der Waals surface area contributed by atoms with Crippen molar-refractivity contribution in [3.8, 4) is 0 Å². The van der Waals surface area contributed by atoms with Gasteiger partial charge in [-0.25, -0.2) is 0 Å². The SMILES string of the molecule is N.N[C@H](Cc1ccccc1)C(=O)O. The van der Waals surface area contributed by atoms with Gasteiger partial charge >= 0.3 is 5.97 Å². The predicted octanol–water partition coefficient (Wildman–Crippen LogP) is 0.803. The molecule has 4 nitrogen and oxygen atoms in total. The molecule has 0 saturated heterocycles. The third-order valence-corrected chi connectivity index (χ3v) is 1.62. The lowest BCUT2D eigenvalue weighted by atomic mass is 10.1. The summed E-state index contributed by atoms with van der Waals surface area (Å²) in [5.74, 6) is -0.959. The van der Waals surface area contributed by atoms with Gasteiger partial charge in [0.25, 0.3) is 0 Å². The summed E-state index contributed by atoms with van der Waals surface area (Å²) in [7, 11) is 0. The van der Waals surface area contributed by atoms with E-state index in [9.17, 15) is 4.79 Å². The molecular formula is C9H14N2O2. The molecule has 1 aromatic carbocycles. The smallest absolute Gasteiger partial charge is 0.320 e. The van der Waals surface area contributed by atoms with Crippen LogP contribution in [0, 0.1) is 0 Å². The molecule has 1 atom stereocenters. The van der Waals surface area contributed by atoms with Gasteiger partial charge in [-0.1, -0.05) is 30.3 Å². The maximum atomic E-state index is 10.4. The quantitative estimate of drug-likeness (QED) is 0.644. The van der Waals surface area contributed by atoms with Gasteiger partial charge < -0.3 is 17.0 Å². The molecule has 0 aliphatic carbocycles. The fraction of sp³-hybridized carbons (Fsp3) is 0.222. The van der Waals surface area contributed by atoms with Crippen molar-refractivity contribution in [2.75, 3.05) is 0 Å². The van der Waals surface area contributed by atoms with Crippen molar-refractivity contribution in [3.05, 3.63) is 35.9 Å². The van der Waals surface area contributed by atoms with Crippen molar-refractivity contribution >= 4 is 5.97 Å². The number of hydrogen-bond donors (Lipinski definition) is 3. The van der Waals surface area contributed by atoms with Gasteiger partial charge in [-0.2, -0.15) is 0 Å². The minimum Gasteiger partial charge on any atom is -0.480 e. The van der Waals surface area contributed by atoms with Crippen LogP contribution in [-0.2, 0) is 11.2 Å². The van der Waals surface area contributed by atoms with E-state index >= 15 is 0 Å². The van der Waals surface area contributed by atoms with Crippen LogP contribution in [0.3, 0.4) is 0 Å². The van der Waals surface area contributed by atoms with Crippen molar-refractivity contribution in [3.63, 3.8) is 0 Å². The number of aliphatic carboxylic acids is 1. The van der Waals surface area contributed by atoms with Crippen LogP contribution >= 0.6 is 0 Å². The minimum absolute atomic E-state index is 0. The molecule has 0 saturated carbocycles. The maximum absolute atomic E-state index is 10.4. The topological polar surface area (TPSA) is 98.3 Å². The number of nitrogens with two attached hydrogens (primary N) is 1. The van der Waals surface area contributed by atoms with Gasteiger partial charge in [0.1, 0.15) is 6.04 Å². The number of rotatable bonds is 3. The van der Waals surface area contributed by atoms with Gasteiger partial charge in [0, 0.05) is 0 Å². The lowest BCUT2D eigenvalue weighted by Gasteiger charge is -2.04. The average Bonchev–Trinajstić information content (AvgIpc) is 2.06. The van der Waals surface area contributed by atoms with Crippen molar-refractivity contribution in [2.45, 2.75) is 12.5 Å². The fourth-order valence-corrected chi connectivity index (χ4v) is 0.955. The van der Waals surface area contributed by atoms with Crippen LogP contribution in [0.15, 0.2) is 30.3 Å². The molecule has 0 fully saturated rings. The Morgan fingerprint density at radius 3 is 2.38 bits per heavy atom. The van der Waals surface area contributed by atoms with Gasteiger partial charge in [0.05, 0.1) is 0 Å². The first-order valence-corrected chi connectivity index (χ1v) is 3.72. The molecule has 0 aliphatic rings. The second-order valence-corrected chi connectivity index (χ2v) is 2.63. The lowest BCUT2D eigenvalue weighted by molar-refractivity contribution is -0.138.